The Bertz CT molecular complexity index is 967. The molecule has 0 unspecified atom stereocenters. The third kappa shape index (κ3) is 5.31. The lowest BCUT2D eigenvalue weighted by molar-refractivity contribution is 0.0398. The Morgan fingerprint density at radius 1 is 1.13 bits per heavy atom. The third-order valence-electron chi connectivity index (χ3n) is 4.80. The monoisotopic (exact) mass is 412 g/mol. The highest BCUT2D eigenvalue weighted by Crippen LogP contribution is 2.26. The number of anilines is 3. The first-order valence-electron chi connectivity index (χ1n) is 10.0. The Hall–Kier alpha value is -3.04. The minimum absolute atomic E-state index is 0.0328. The van der Waals surface area contributed by atoms with Crippen molar-refractivity contribution in [2.75, 3.05) is 63.3 Å². The van der Waals surface area contributed by atoms with Gasteiger partial charge >= 0.3 is 0 Å². The molecule has 0 spiro atoms. The minimum atomic E-state index is -0.525. The molecule has 9 heteroatoms. The molecule has 2 aromatic heterocycles. The Morgan fingerprint density at radius 3 is 2.90 bits per heavy atom. The van der Waals surface area contributed by atoms with Crippen LogP contribution in [0.1, 0.15) is 0 Å². The molecular formula is C21H25FN6O2. The second-order valence-electron chi connectivity index (χ2n) is 6.88. The second-order valence-corrected chi connectivity index (χ2v) is 6.88. The number of alkyl halides is 1. The van der Waals surface area contributed by atoms with Crippen molar-refractivity contribution < 1.29 is 13.9 Å². The summed E-state index contributed by atoms with van der Waals surface area (Å²) in [5.74, 6) is 2.04. The van der Waals surface area contributed by atoms with Gasteiger partial charge in [-0.15, -0.1) is 0 Å². The van der Waals surface area contributed by atoms with Crippen LogP contribution in [0.15, 0.2) is 42.9 Å². The number of halogens is 1. The third-order valence-corrected chi connectivity index (χ3v) is 4.80. The SMILES string of the molecule is FCCOc1cccc(Nc2ncnc3cnc(NCCN4CCOCC4)cc23)c1. The molecular weight excluding hydrogens is 387 g/mol. The number of pyridine rings is 1. The average molecular weight is 412 g/mol. The zero-order valence-corrected chi connectivity index (χ0v) is 16.7. The van der Waals surface area contributed by atoms with Gasteiger partial charge in [-0.1, -0.05) is 6.07 Å². The minimum Gasteiger partial charge on any atom is -0.491 e. The van der Waals surface area contributed by atoms with E-state index in [1.165, 1.54) is 6.33 Å². The molecule has 158 valence electrons. The van der Waals surface area contributed by atoms with Crippen LogP contribution < -0.4 is 15.4 Å². The fraction of sp³-hybridized carbons (Fsp3) is 0.381. The van der Waals surface area contributed by atoms with E-state index in [2.05, 4.69) is 30.5 Å². The maximum absolute atomic E-state index is 12.4. The summed E-state index contributed by atoms with van der Waals surface area (Å²) in [7, 11) is 0. The molecule has 0 aliphatic carbocycles. The van der Waals surface area contributed by atoms with Gasteiger partial charge in [-0.2, -0.15) is 0 Å². The van der Waals surface area contributed by atoms with Gasteiger partial charge in [0.25, 0.3) is 0 Å². The number of nitrogens with one attached hydrogen (secondary N) is 2. The highest BCUT2D eigenvalue weighted by Gasteiger charge is 2.10. The molecule has 0 amide bonds. The lowest BCUT2D eigenvalue weighted by Crippen LogP contribution is -2.39. The maximum atomic E-state index is 12.4. The number of benzene rings is 1. The van der Waals surface area contributed by atoms with Crippen LogP contribution in [0.4, 0.5) is 21.7 Å². The first kappa shape index (κ1) is 20.2. The molecule has 8 nitrogen and oxygen atoms in total. The standard InChI is InChI=1S/C21H25FN6O2/c22-4-9-30-17-3-1-2-16(12-17)27-21-18-13-20(24-14-19(18)25-15-26-21)23-5-6-28-7-10-29-11-8-28/h1-3,12-15H,4-11H2,(H,23,24)(H,25,26,27). The number of rotatable bonds is 9. The van der Waals surface area contributed by atoms with Gasteiger partial charge in [-0.05, 0) is 18.2 Å². The lowest BCUT2D eigenvalue weighted by atomic mass is 10.2. The van der Waals surface area contributed by atoms with Crippen molar-refractivity contribution in [3.05, 3.63) is 42.9 Å². The van der Waals surface area contributed by atoms with Crippen LogP contribution in [-0.4, -0.2) is 72.5 Å². The first-order valence-corrected chi connectivity index (χ1v) is 10.0. The van der Waals surface area contributed by atoms with Gasteiger partial charge in [0.1, 0.15) is 37.0 Å². The number of fused-ring (bicyclic) bond motifs is 1. The van der Waals surface area contributed by atoms with E-state index in [1.54, 1.807) is 12.3 Å². The largest absolute Gasteiger partial charge is 0.491 e. The summed E-state index contributed by atoms with van der Waals surface area (Å²) in [5.41, 5.74) is 1.54. The van der Waals surface area contributed by atoms with Gasteiger partial charge in [0.15, 0.2) is 0 Å². The van der Waals surface area contributed by atoms with Crippen LogP contribution in [0.3, 0.4) is 0 Å². The van der Waals surface area contributed by atoms with E-state index in [0.717, 1.165) is 61.8 Å². The molecule has 1 aromatic carbocycles. The van der Waals surface area contributed by atoms with E-state index >= 15 is 0 Å². The van der Waals surface area contributed by atoms with Crippen molar-refractivity contribution in [3.8, 4) is 5.75 Å². The van der Waals surface area contributed by atoms with Crippen molar-refractivity contribution in [1.29, 1.82) is 0 Å². The molecule has 2 N–H and O–H groups in total. The number of morpholine rings is 1. The predicted molar refractivity (Wildman–Crippen MR) is 114 cm³/mol. The molecule has 1 aliphatic heterocycles. The number of nitrogens with zero attached hydrogens (tertiary/aromatic N) is 4. The highest BCUT2D eigenvalue weighted by atomic mass is 19.1. The Kier molecular flexibility index (Phi) is 6.83. The van der Waals surface area contributed by atoms with E-state index in [0.29, 0.717) is 11.6 Å². The number of hydrogen-bond acceptors (Lipinski definition) is 8. The first-order chi connectivity index (χ1) is 14.8. The molecule has 1 saturated heterocycles. The number of aromatic nitrogens is 3. The van der Waals surface area contributed by atoms with Gasteiger partial charge in [0, 0.05) is 43.3 Å². The molecule has 3 heterocycles. The topological polar surface area (TPSA) is 84.4 Å². The normalized spacial score (nSPS) is 14.6. The van der Waals surface area contributed by atoms with Gasteiger partial charge in [0.05, 0.1) is 24.9 Å². The smallest absolute Gasteiger partial charge is 0.141 e. The van der Waals surface area contributed by atoms with Gasteiger partial charge < -0.3 is 20.1 Å². The summed E-state index contributed by atoms with van der Waals surface area (Å²) in [4.78, 5) is 15.5. The number of hydrogen-bond donors (Lipinski definition) is 2. The van der Waals surface area contributed by atoms with E-state index < -0.39 is 6.67 Å². The van der Waals surface area contributed by atoms with Gasteiger partial charge in [-0.25, -0.2) is 19.3 Å². The van der Waals surface area contributed by atoms with Crippen LogP contribution in [0.5, 0.6) is 5.75 Å². The van der Waals surface area contributed by atoms with Crippen molar-refractivity contribution >= 4 is 28.2 Å². The Labute approximate surface area is 174 Å². The summed E-state index contributed by atoms with van der Waals surface area (Å²) in [6, 6.07) is 9.30. The zero-order valence-electron chi connectivity index (χ0n) is 16.7. The molecule has 0 saturated carbocycles. The molecule has 1 aliphatic rings. The lowest BCUT2D eigenvalue weighted by Gasteiger charge is -2.26. The molecule has 0 atom stereocenters. The summed E-state index contributed by atoms with van der Waals surface area (Å²) in [6.07, 6.45) is 3.24. The van der Waals surface area contributed by atoms with Gasteiger partial charge in [0.2, 0.25) is 0 Å². The summed E-state index contributed by atoms with van der Waals surface area (Å²) < 4.78 is 23.1. The summed E-state index contributed by atoms with van der Waals surface area (Å²) in [5, 5.41) is 7.53. The quantitative estimate of drug-likeness (QED) is 0.555. The highest BCUT2D eigenvalue weighted by molar-refractivity contribution is 5.91. The molecule has 3 aromatic rings. The predicted octanol–water partition coefficient (Wildman–Crippen LogP) is 2.86. The van der Waals surface area contributed by atoms with E-state index in [4.69, 9.17) is 9.47 Å². The summed E-state index contributed by atoms with van der Waals surface area (Å²) >= 11 is 0. The molecule has 30 heavy (non-hydrogen) atoms. The molecule has 1 fully saturated rings. The van der Waals surface area contributed by atoms with Crippen LogP contribution in [-0.2, 0) is 4.74 Å². The van der Waals surface area contributed by atoms with E-state index in [9.17, 15) is 4.39 Å². The molecule has 0 bridgehead atoms. The van der Waals surface area contributed by atoms with Crippen molar-refractivity contribution in [3.63, 3.8) is 0 Å². The van der Waals surface area contributed by atoms with Crippen LogP contribution in [0.2, 0.25) is 0 Å². The fourth-order valence-corrected chi connectivity index (χ4v) is 3.28. The average Bonchev–Trinajstić information content (AvgIpc) is 2.79. The maximum Gasteiger partial charge on any atom is 0.141 e. The van der Waals surface area contributed by atoms with E-state index in [1.807, 2.05) is 24.3 Å². The van der Waals surface area contributed by atoms with E-state index in [-0.39, 0.29) is 6.61 Å². The molecule has 0 radical (unpaired) electrons. The van der Waals surface area contributed by atoms with Gasteiger partial charge in [-0.3, -0.25) is 4.90 Å². The van der Waals surface area contributed by atoms with Crippen molar-refractivity contribution in [2.45, 2.75) is 0 Å². The second kappa shape index (κ2) is 10.1. The van der Waals surface area contributed by atoms with Crippen LogP contribution in [0, 0.1) is 0 Å². The Balaban J connectivity index is 1.46. The van der Waals surface area contributed by atoms with Crippen molar-refractivity contribution in [1.82, 2.24) is 19.9 Å². The van der Waals surface area contributed by atoms with Crippen LogP contribution >= 0.6 is 0 Å². The van der Waals surface area contributed by atoms with Crippen molar-refractivity contribution in [2.24, 2.45) is 0 Å². The molecule has 4 rings (SSSR count). The number of ether oxygens (including phenoxy) is 2. The Morgan fingerprint density at radius 2 is 2.03 bits per heavy atom. The van der Waals surface area contributed by atoms with Crippen LogP contribution in [0.25, 0.3) is 10.9 Å². The summed E-state index contributed by atoms with van der Waals surface area (Å²) in [6.45, 7) is 4.74. The fourth-order valence-electron chi connectivity index (χ4n) is 3.28. The zero-order chi connectivity index (χ0) is 20.6.